The highest BCUT2D eigenvalue weighted by atomic mass is 31.1. The van der Waals surface area contributed by atoms with E-state index in [0.29, 0.717) is 6.61 Å². The van der Waals surface area contributed by atoms with E-state index >= 15 is 0 Å². The summed E-state index contributed by atoms with van der Waals surface area (Å²) in [4.78, 5) is 0. The van der Waals surface area contributed by atoms with Gasteiger partial charge < -0.3 is 5.48 Å². The van der Waals surface area contributed by atoms with E-state index in [4.69, 9.17) is 4.52 Å². The predicted molar refractivity (Wildman–Crippen MR) is 39.1 cm³/mol. The predicted octanol–water partition coefficient (Wildman–Crippen LogP) is 1.28. The van der Waals surface area contributed by atoms with Crippen LogP contribution in [0, 0.1) is 0 Å². The smallest absolute Gasteiger partial charge is 0.412 e. The van der Waals surface area contributed by atoms with Crippen LogP contribution in [-0.2, 0) is 13.6 Å². The summed E-state index contributed by atoms with van der Waals surface area (Å²) in [5.74, 6) is 0. The van der Waals surface area contributed by atoms with Gasteiger partial charge in [-0.05, 0) is 6.42 Å². The molecule has 0 radical (unpaired) electrons. The fourth-order valence-corrected chi connectivity index (χ4v) is 0.720. The third-order valence-electron chi connectivity index (χ3n) is 0.844. The van der Waals surface area contributed by atoms with Gasteiger partial charge in [-0.2, -0.15) is 0 Å². The molecular weight excluding hydrogens is 155 g/mol. The lowest BCUT2D eigenvalue weighted by molar-refractivity contribution is 0.252. The summed E-state index contributed by atoms with van der Waals surface area (Å²) in [6.07, 6.45) is 1.98. The van der Waals surface area contributed by atoms with Gasteiger partial charge in [0.05, 0.1) is 7.11 Å². The molecule has 1 unspecified atom stereocenters. The summed E-state index contributed by atoms with van der Waals surface area (Å²) in [5.41, 5.74) is 0. The first kappa shape index (κ1) is 12.6. The monoisotopic (exact) mass is 169 g/mol. The van der Waals surface area contributed by atoms with E-state index in [1.807, 2.05) is 6.92 Å². The van der Waals surface area contributed by atoms with Crippen molar-refractivity contribution in [2.24, 2.45) is 0 Å². The maximum atomic E-state index is 10.4. The van der Waals surface area contributed by atoms with Crippen LogP contribution in [0.1, 0.15) is 19.8 Å². The minimum absolute atomic E-state index is 0. The van der Waals surface area contributed by atoms with Crippen LogP contribution in [0.25, 0.3) is 0 Å². The van der Waals surface area contributed by atoms with Crippen molar-refractivity contribution in [3.05, 3.63) is 0 Å². The van der Waals surface area contributed by atoms with Gasteiger partial charge in [0.2, 0.25) is 0 Å². The zero-order chi connectivity index (χ0) is 7.11. The van der Waals surface area contributed by atoms with Crippen molar-refractivity contribution in [2.45, 2.75) is 19.8 Å². The molecule has 0 aliphatic heterocycles. The Labute approximate surface area is 61.8 Å². The van der Waals surface area contributed by atoms with Crippen LogP contribution in [0.3, 0.4) is 0 Å². The fourth-order valence-electron chi connectivity index (χ4n) is 0.336. The van der Waals surface area contributed by atoms with Gasteiger partial charge in [-0.1, -0.05) is 13.3 Å². The van der Waals surface area contributed by atoms with E-state index in [9.17, 15) is 4.57 Å². The number of hydrogen-bond acceptors (Lipinski definition) is 3. The van der Waals surface area contributed by atoms with Gasteiger partial charge in [0.25, 0.3) is 0 Å². The van der Waals surface area contributed by atoms with Gasteiger partial charge in [0.1, 0.15) is 6.61 Å². The first-order valence-corrected chi connectivity index (χ1v) is 4.05. The molecule has 0 aromatic heterocycles. The van der Waals surface area contributed by atoms with E-state index in [1.165, 1.54) is 7.11 Å². The second kappa shape index (κ2) is 8.98. The summed E-state index contributed by atoms with van der Waals surface area (Å²) >= 11 is 0. The zero-order valence-corrected chi connectivity index (χ0v) is 7.19. The summed E-state index contributed by atoms with van der Waals surface area (Å²) in [7, 11) is -0.474. The van der Waals surface area contributed by atoms with Gasteiger partial charge >= 0.3 is 8.25 Å². The van der Waals surface area contributed by atoms with Crippen LogP contribution < -0.4 is 0 Å². The Balaban J connectivity index is 0. The molecule has 2 N–H and O–H groups in total. The lowest BCUT2D eigenvalue weighted by Crippen LogP contribution is -1.84. The van der Waals surface area contributed by atoms with Gasteiger partial charge in [-0.3, -0.25) is 0 Å². The van der Waals surface area contributed by atoms with Crippen LogP contribution in [0.4, 0.5) is 0 Å². The molecule has 0 rings (SSSR count). The van der Waals surface area contributed by atoms with Crippen molar-refractivity contribution in [2.75, 3.05) is 13.7 Å². The quantitative estimate of drug-likeness (QED) is 0.460. The average Bonchev–Trinajstić information content (AvgIpc) is 1.89. The standard InChI is InChI=1S/C5H12O3P.H2O/c1-3-4-5-8-9(6)7-2;/h3-5H2,1-2H3;1H2/q+1;. The molecule has 0 aromatic rings. The van der Waals surface area contributed by atoms with Gasteiger partial charge in [-0.25, -0.2) is 0 Å². The zero-order valence-electron chi connectivity index (χ0n) is 6.29. The van der Waals surface area contributed by atoms with Crippen molar-refractivity contribution in [1.82, 2.24) is 0 Å². The Morgan fingerprint density at radius 1 is 1.50 bits per heavy atom. The third kappa shape index (κ3) is 7.98. The van der Waals surface area contributed by atoms with Gasteiger partial charge in [0, 0.05) is 4.57 Å². The molecular formula is C5H14O4P+. The lowest BCUT2D eigenvalue weighted by atomic mass is 10.4. The number of rotatable bonds is 5. The SMILES string of the molecule is CCCCO[P+](=O)OC.O. The van der Waals surface area contributed by atoms with Crippen molar-refractivity contribution < 1.29 is 19.1 Å². The highest BCUT2D eigenvalue weighted by Gasteiger charge is 2.14. The molecule has 0 bridgehead atoms. The van der Waals surface area contributed by atoms with Crippen LogP contribution in [0.2, 0.25) is 0 Å². The maximum absolute atomic E-state index is 10.4. The van der Waals surface area contributed by atoms with Crippen molar-refractivity contribution in [3.8, 4) is 0 Å². The molecule has 10 heavy (non-hydrogen) atoms. The Hall–Kier alpha value is -0.0200. The molecule has 0 aliphatic rings. The molecule has 0 aliphatic carbocycles. The van der Waals surface area contributed by atoms with Crippen molar-refractivity contribution in [3.63, 3.8) is 0 Å². The van der Waals surface area contributed by atoms with E-state index in [1.54, 1.807) is 0 Å². The molecule has 0 aromatic carbocycles. The van der Waals surface area contributed by atoms with Gasteiger partial charge in [-0.15, -0.1) is 9.05 Å². The number of unbranched alkanes of at least 4 members (excludes halogenated alkanes) is 1. The molecule has 0 fully saturated rings. The second-order valence-corrected chi connectivity index (χ2v) is 2.66. The largest absolute Gasteiger partial charge is 0.697 e. The summed E-state index contributed by atoms with van der Waals surface area (Å²) in [5, 5.41) is 0. The highest BCUT2D eigenvalue weighted by molar-refractivity contribution is 7.33. The van der Waals surface area contributed by atoms with Gasteiger partial charge in [0.15, 0.2) is 0 Å². The van der Waals surface area contributed by atoms with Crippen LogP contribution in [-0.4, -0.2) is 19.2 Å². The summed E-state index contributed by atoms with van der Waals surface area (Å²) < 4.78 is 19.5. The molecule has 4 nitrogen and oxygen atoms in total. The van der Waals surface area contributed by atoms with Crippen molar-refractivity contribution in [1.29, 1.82) is 0 Å². The fraction of sp³-hybridized carbons (Fsp3) is 1.00. The third-order valence-corrected chi connectivity index (χ3v) is 1.54. The Morgan fingerprint density at radius 3 is 2.50 bits per heavy atom. The second-order valence-electron chi connectivity index (χ2n) is 1.59. The Bertz CT molecular complexity index is 85.7. The first-order valence-electron chi connectivity index (χ1n) is 2.95. The molecule has 0 saturated heterocycles. The molecule has 0 amide bonds. The normalized spacial score (nSPS) is 10.4. The average molecular weight is 169 g/mol. The van der Waals surface area contributed by atoms with Crippen LogP contribution in [0.5, 0.6) is 0 Å². The van der Waals surface area contributed by atoms with Crippen LogP contribution >= 0.6 is 8.25 Å². The van der Waals surface area contributed by atoms with Crippen molar-refractivity contribution >= 4 is 8.25 Å². The topological polar surface area (TPSA) is 67.0 Å². The molecule has 0 heterocycles. The van der Waals surface area contributed by atoms with E-state index < -0.39 is 8.25 Å². The summed E-state index contributed by atoms with van der Waals surface area (Å²) in [6, 6.07) is 0. The first-order chi connectivity index (χ1) is 4.31. The molecule has 5 heteroatoms. The molecule has 0 saturated carbocycles. The van der Waals surface area contributed by atoms with E-state index in [-0.39, 0.29) is 5.48 Å². The minimum atomic E-state index is -1.84. The molecule has 0 spiro atoms. The van der Waals surface area contributed by atoms with E-state index in [2.05, 4.69) is 4.52 Å². The van der Waals surface area contributed by atoms with Crippen LogP contribution in [0.15, 0.2) is 0 Å². The lowest BCUT2D eigenvalue weighted by Gasteiger charge is -1.85. The van der Waals surface area contributed by atoms with E-state index in [0.717, 1.165) is 12.8 Å². The highest BCUT2D eigenvalue weighted by Crippen LogP contribution is 2.21. The summed E-state index contributed by atoms with van der Waals surface area (Å²) in [6.45, 7) is 2.57. The number of hydrogen-bond donors (Lipinski definition) is 0. The Kier molecular flexibility index (Phi) is 11.3. The molecule has 62 valence electrons. The maximum Gasteiger partial charge on any atom is 0.697 e. The Morgan fingerprint density at radius 2 is 2.10 bits per heavy atom. The minimum Gasteiger partial charge on any atom is -0.412 e. The molecule has 1 atom stereocenters.